The Hall–Kier alpha value is -2.12. The molecule has 0 aliphatic carbocycles. The van der Waals surface area contributed by atoms with E-state index in [9.17, 15) is 18.0 Å². The van der Waals surface area contributed by atoms with Gasteiger partial charge in [-0.1, -0.05) is 0 Å². The van der Waals surface area contributed by atoms with Crippen LogP contribution in [0.15, 0.2) is 18.2 Å². The van der Waals surface area contributed by atoms with Crippen LogP contribution in [-0.4, -0.2) is 33.0 Å². The smallest absolute Gasteiger partial charge is 0.405 e. The molecule has 2 amide bonds. The first-order valence-corrected chi connectivity index (χ1v) is 5.19. The van der Waals surface area contributed by atoms with Crippen LogP contribution in [-0.2, 0) is 0 Å². The molecule has 0 heterocycles. The van der Waals surface area contributed by atoms with E-state index < -0.39 is 18.8 Å². The standard InChI is InChI=1S/C11H13F3N2O3/c1-18-8-4-3-7(5-9(8)19-2)16-10(17)15-6-11(12,13)14/h3-5H,6H2,1-2H3,(H2,15,16,17). The number of halogens is 3. The molecule has 1 rings (SSSR count). The topological polar surface area (TPSA) is 59.6 Å². The summed E-state index contributed by atoms with van der Waals surface area (Å²) in [5.41, 5.74) is 0.289. The van der Waals surface area contributed by atoms with Gasteiger partial charge in [0.05, 0.1) is 14.2 Å². The Bertz CT molecular complexity index is 449. The van der Waals surface area contributed by atoms with E-state index in [-0.39, 0.29) is 5.69 Å². The van der Waals surface area contributed by atoms with E-state index in [1.54, 1.807) is 5.32 Å². The second-order valence-corrected chi connectivity index (χ2v) is 3.49. The molecule has 0 saturated carbocycles. The molecule has 0 saturated heterocycles. The van der Waals surface area contributed by atoms with Crippen LogP contribution < -0.4 is 20.1 Å². The number of hydrogen-bond donors (Lipinski definition) is 2. The van der Waals surface area contributed by atoms with Gasteiger partial charge in [-0.2, -0.15) is 13.2 Å². The lowest BCUT2D eigenvalue weighted by Gasteiger charge is -2.12. The Morgan fingerprint density at radius 3 is 2.37 bits per heavy atom. The first-order chi connectivity index (χ1) is 8.85. The molecule has 0 bridgehead atoms. The first-order valence-electron chi connectivity index (χ1n) is 5.19. The highest BCUT2D eigenvalue weighted by Gasteiger charge is 2.27. The van der Waals surface area contributed by atoms with Gasteiger partial charge < -0.3 is 20.1 Å². The van der Waals surface area contributed by atoms with Gasteiger partial charge in [-0.25, -0.2) is 4.79 Å². The zero-order valence-corrected chi connectivity index (χ0v) is 10.3. The van der Waals surface area contributed by atoms with Crippen molar-refractivity contribution in [1.29, 1.82) is 0 Å². The number of anilines is 1. The second kappa shape index (κ2) is 6.17. The number of alkyl halides is 3. The largest absolute Gasteiger partial charge is 0.493 e. The molecule has 0 fully saturated rings. The van der Waals surface area contributed by atoms with E-state index in [0.29, 0.717) is 11.5 Å². The van der Waals surface area contributed by atoms with Gasteiger partial charge in [0.25, 0.3) is 0 Å². The summed E-state index contributed by atoms with van der Waals surface area (Å²) in [4.78, 5) is 11.2. The van der Waals surface area contributed by atoms with Crippen molar-refractivity contribution in [3.05, 3.63) is 18.2 Å². The van der Waals surface area contributed by atoms with Crippen LogP contribution in [0.4, 0.5) is 23.7 Å². The highest BCUT2D eigenvalue weighted by molar-refractivity contribution is 5.89. The summed E-state index contributed by atoms with van der Waals surface area (Å²) in [7, 11) is 2.85. The van der Waals surface area contributed by atoms with Crippen LogP contribution in [0.5, 0.6) is 11.5 Å². The zero-order valence-electron chi connectivity index (χ0n) is 10.3. The third-order valence-electron chi connectivity index (χ3n) is 2.09. The van der Waals surface area contributed by atoms with Crippen LogP contribution in [0.1, 0.15) is 0 Å². The fourth-order valence-electron chi connectivity index (χ4n) is 1.27. The number of carbonyl (C=O) groups is 1. The van der Waals surface area contributed by atoms with Gasteiger partial charge in [-0.15, -0.1) is 0 Å². The number of hydrogen-bond acceptors (Lipinski definition) is 3. The molecule has 0 aliphatic heterocycles. The predicted molar refractivity (Wildman–Crippen MR) is 62.6 cm³/mol. The zero-order chi connectivity index (χ0) is 14.5. The Balaban J connectivity index is 2.64. The Kier molecular flexibility index (Phi) is 4.85. The molecule has 0 atom stereocenters. The highest BCUT2D eigenvalue weighted by Crippen LogP contribution is 2.29. The summed E-state index contributed by atoms with van der Waals surface area (Å²) in [6.45, 7) is -1.40. The molecule has 106 valence electrons. The van der Waals surface area contributed by atoms with Crippen molar-refractivity contribution in [2.75, 3.05) is 26.1 Å². The average Bonchev–Trinajstić information content (AvgIpc) is 2.35. The lowest BCUT2D eigenvalue weighted by Crippen LogP contribution is -2.36. The van der Waals surface area contributed by atoms with Crippen LogP contribution in [0.2, 0.25) is 0 Å². The molecular formula is C11H13F3N2O3. The van der Waals surface area contributed by atoms with E-state index in [2.05, 4.69) is 5.32 Å². The molecule has 2 N–H and O–H groups in total. The minimum Gasteiger partial charge on any atom is -0.493 e. The Morgan fingerprint density at radius 2 is 1.84 bits per heavy atom. The molecule has 5 nitrogen and oxygen atoms in total. The maximum atomic E-state index is 11.9. The summed E-state index contributed by atoms with van der Waals surface area (Å²) in [6.07, 6.45) is -4.45. The van der Waals surface area contributed by atoms with Crippen molar-refractivity contribution in [3.63, 3.8) is 0 Å². The van der Waals surface area contributed by atoms with Crippen molar-refractivity contribution < 1.29 is 27.4 Å². The summed E-state index contributed by atoms with van der Waals surface area (Å²) in [5, 5.41) is 3.94. The molecule has 1 aromatic rings. The maximum Gasteiger partial charge on any atom is 0.405 e. The van der Waals surface area contributed by atoms with Crippen LogP contribution in [0.3, 0.4) is 0 Å². The average molecular weight is 278 g/mol. The number of urea groups is 1. The molecular weight excluding hydrogens is 265 g/mol. The van der Waals surface area contributed by atoms with Gasteiger partial charge in [0.15, 0.2) is 11.5 Å². The molecule has 0 unspecified atom stereocenters. The Morgan fingerprint density at radius 1 is 1.21 bits per heavy atom. The Labute approximate surface area is 107 Å². The summed E-state index contributed by atoms with van der Waals surface area (Å²) < 4.78 is 45.7. The highest BCUT2D eigenvalue weighted by atomic mass is 19.4. The van der Waals surface area contributed by atoms with Gasteiger partial charge in [-0.05, 0) is 12.1 Å². The van der Waals surface area contributed by atoms with Gasteiger partial charge in [0.1, 0.15) is 6.54 Å². The summed E-state index contributed by atoms with van der Waals surface area (Å²) in [6, 6.07) is 3.49. The molecule has 0 radical (unpaired) electrons. The lowest BCUT2D eigenvalue weighted by molar-refractivity contribution is -0.122. The molecule has 1 aromatic carbocycles. The summed E-state index contributed by atoms with van der Waals surface area (Å²) in [5.74, 6) is 0.805. The van der Waals surface area contributed by atoms with E-state index in [1.165, 1.54) is 32.4 Å². The number of nitrogens with one attached hydrogen (secondary N) is 2. The molecule has 0 aromatic heterocycles. The van der Waals surface area contributed by atoms with Gasteiger partial charge in [0, 0.05) is 11.8 Å². The number of carbonyl (C=O) groups excluding carboxylic acids is 1. The fraction of sp³-hybridized carbons (Fsp3) is 0.364. The van der Waals surface area contributed by atoms with Crippen molar-refractivity contribution in [2.24, 2.45) is 0 Å². The number of rotatable bonds is 4. The molecule has 8 heteroatoms. The minimum atomic E-state index is -4.45. The third-order valence-corrected chi connectivity index (χ3v) is 2.09. The van der Waals surface area contributed by atoms with E-state index >= 15 is 0 Å². The van der Waals surface area contributed by atoms with Crippen molar-refractivity contribution >= 4 is 11.7 Å². The predicted octanol–water partition coefficient (Wildman–Crippen LogP) is 2.39. The number of ether oxygens (including phenoxy) is 2. The second-order valence-electron chi connectivity index (χ2n) is 3.49. The van der Waals surface area contributed by atoms with Gasteiger partial charge in [0.2, 0.25) is 0 Å². The van der Waals surface area contributed by atoms with Gasteiger partial charge in [-0.3, -0.25) is 0 Å². The molecule has 0 aliphatic rings. The molecule has 0 spiro atoms. The van der Waals surface area contributed by atoms with Crippen LogP contribution in [0.25, 0.3) is 0 Å². The normalized spacial score (nSPS) is 10.8. The number of benzene rings is 1. The third kappa shape index (κ3) is 4.94. The van der Waals surface area contributed by atoms with Crippen molar-refractivity contribution in [2.45, 2.75) is 6.18 Å². The summed E-state index contributed by atoms with van der Waals surface area (Å²) >= 11 is 0. The quantitative estimate of drug-likeness (QED) is 0.889. The lowest BCUT2D eigenvalue weighted by atomic mass is 10.3. The van der Waals surface area contributed by atoms with E-state index in [1.807, 2.05) is 0 Å². The van der Waals surface area contributed by atoms with E-state index in [4.69, 9.17) is 9.47 Å². The van der Waals surface area contributed by atoms with Crippen LogP contribution >= 0.6 is 0 Å². The number of methoxy groups -OCH3 is 2. The fourth-order valence-corrected chi connectivity index (χ4v) is 1.27. The van der Waals surface area contributed by atoms with Crippen molar-refractivity contribution in [1.82, 2.24) is 5.32 Å². The monoisotopic (exact) mass is 278 g/mol. The SMILES string of the molecule is COc1ccc(NC(=O)NCC(F)(F)F)cc1OC. The maximum absolute atomic E-state index is 11.9. The first kappa shape index (κ1) is 14.9. The molecule has 19 heavy (non-hydrogen) atoms. The van der Waals surface area contributed by atoms with Crippen molar-refractivity contribution in [3.8, 4) is 11.5 Å². The van der Waals surface area contributed by atoms with Crippen LogP contribution in [0, 0.1) is 0 Å². The number of amides is 2. The van der Waals surface area contributed by atoms with E-state index in [0.717, 1.165) is 0 Å². The minimum absolute atomic E-state index is 0.289. The van der Waals surface area contributed by atoms with Gasteiger partial charge >= 0.3 is 12.2 Å².